The van der Waals surface area contributed by atoms with Crippen LogP contribution in [0.15, 0.2) is 12.4 Å². The fourth-order valence-corrected chi connectivity index (χ4v) is 2.26. The number of aromatic nitrogens is 2. The van der Waals surface area contributed by atoms with Crippen LogP contribution in [0, 0.1) is 5.41 Å². The van der Waals surface area contributed by atoms with E-state index in [1.165, 1.54) is 39.0 Å². The summed E-state index contributed by atoms with van der Waals surface area (Å²) in [6.07, 6.45) is 8.05. The van der Waals surface area contributed by atoms with Crippen molar-refractivity contribution in [2.45, 2.75) is 32.6 Å². The van der Waals surface area contributed by atoms with Crippen molar-refractivity contribution in [2.24, 2.45) is 5.41 Å². The molecule has 0 amide bonds. The molecule has 2 rings (SSSR count). The average molecular weight is 249 g/mol. The quantitative estimate of drug-likeness (QED) is 0.811. The Morgan fingerprint density at radius 2 is 2.28 bits per heavy atom. The van der Waals surface area contributed by atoms with Gasteiger partial charge in [-0.05, 0) is 24.7 Å². The van der Waals surface area contributed by atoms with E-state index in [0.717, 1.165) is 6.54 Å². The molecule has 1 heterocycles. The van der Waals surface area contributed by atoms with Crippen LogP contribution in [0.1, 0.15) is 43.1 Å². The highest BCUT2D eigenvalue weighted by Gasteiger charge is 2.34. The molecule has 1 fully saturated rings. The normalized spacial score (nSPS) is 16.8. The van der Waals surface area contributed by atoms with Gasteiger partial charge < -0.3 is 10.1 Å². The van der Waals surface area contributed by atoms with Gasteiger partial charge in [-0.25, -0.2) is 9.78 Å². The predicted molar refractivity (Wildman–Crippen MR) is 68.4 cm³/mol. The van der Waals surface area contributed by atoms with E-state index < -0.39 is 5.97 Å². The molecular weight excluding hydrogens is 230 g/mol. The van der Waals surface area contributed by atoms with Crippen LogP contribution in [0.2, 0.25) is 0 Å². The Hall–Kier alpha value is -1.65. The van der Waals surface area contributed by atoms with Crippen molar-refractivity contribution in [1.29, 1.82) is 0 Å². The lowest BCUT2D eigenvalue weighted by Gasteiger charge is -2.41. The second-order valence-corrected chi connectivity index (χ2v) is 4.84. The SMILES string of the molecule is CCC1(CNc2cncc(C(=O)OC)n2)CCC1. The number of ether oxygens (including phenoxy) is 1. The largest absolute Gasteiger partial charge is 0.464 e. The Balaban J connectivity index is 1.99. The van der Waals surface area contributed by atoms with Crippen molar-refractivity contribution in [1.82, 2.24) is 9.97 Å². The molecule has 0 aromatic carbocycles. The van der Waals surface area contributed by atoms with Gasteiger partial charge in [0.25, 0.3) is 0 Å². The summed E-state index contributed by atoms with van der Waals surface area (Å²) in [5.41, 5.74) is 0.643. The third-order valence-electron chi connectivity index (χ3n) is 3.84. The second kappa shape index (κ2) is 5.33. The van der Waals surface area contributed by atoms with Crippen LogP contribution >= 0.6 is 0 Å². The lowest BCUT2D eigenvalue weighted by atomic mass is 9.67. The molecule has 1 aliphatic rings. The summed E-state index contributed by atoms with van der Waals surface area (Å²) in [7, 11) is 1.34. The Bertz CT molecular complexity index is 424. The Kier molecular flexibility index (Phi) is 3.79. The summed E-state index contributed by atoms with van der Waals surface area (Å²) in [5, 5.41) is 3.28. The maximum atomic E-state index is 11.3. The van der Waals surface area contributed by atoms with Crippen molar-refractivity contribution >= 4 is 11.8 Å². The zero-order valence-corrected chi connectivity index (χ0v) is 10.9. The molecule has 1 aromatic heterocycles. The minimum atomic E-state index is -0.458. The summed E-state index contributed by atoms with van der Waals surface area (Å²) in [5.74, 6) is 0.178. The Morgan fingerprint density at radius 1 is 1.50 bits per heavy atom. The molecule has 98 valence electrons. The van der Waals surface area contributed by atoms with Gasteiger partial charge in [0.1, 0.15) is 5.82 Å². The monoisotopic (exact) mass is 249 g/mol. The van der Waals surface area contributed by atoms with E-state index in [9.17, 15) is 4.79 Å². The summed E-state index contributed by atoms with van der Waals surface area (Å²) >= 11 is 0. The second-order valence-electron chi connectivity index (χ2n) is 4.84. The van der Waals surface area contributed by atoms with Crippen LogP contribution in [0.4, 0.5) is 5.82 Å². The van der Waals surface area contributed by atoms with Crippen molar-refractivity contribution in [3.63, 3.8) is 0 Å². The summed E-state index contributed by atoms with van der Waals surface area (Å²) < 4.78 is 4.62. The first-order valence-electron chi connectivity index (χ1n) is 6.33. The Labute approximate surface area is 107 Å². The van der Waals surface area contributed by atoms with Gasteiger partial charge in [-0.3, -0.25) is 4.98 Å². The minimum Gasteiger partial charge on any atom is -0.464 e. The molecule has 1 N–H and O–H groups in total. The molecule has 0 bridgehead atoms. The summed E-state index contributed by atoms with van der Waals surface area (Å²) in [6.45, 7) is 3.11. The van der Waals surface area contributed by atoms with E-state index in [4.69, 9.17) is 0 Å². The number of hydrogen-bond acceptors (Lipinski definition) is 5. The smallest absolute Gasteiger partial charge is 0.358 e. The average Bonchev–Trinajstić information content (AvgIpc) is 2.37. The highest BCUT2D eigenvalue weighted by molar-refractivity contribution is 5.87. The number of esters is 1. The zero-order valence-electron chi connectivity index (χ0n) is 10.9. The maximum Gasteiger partial charge on any atom is 0.358 e. The molecule has 1 aromatic rings. The van der Waals surface area contributed by atoms with Gasteiger partial charge >= 0.3 is 5.97 Å². The number of rotatable bonds is 5. The lowest BCUT2D eigenvalue weighted by Crippen LogP contribution is -2.36. The number of methoxy groups -OCH3 is 1. The third kappa shape index (κ3) is 2.60. The van der Waals surface area contributed by atoms with Gasteiger partial charge in [-0.15, -0.1) is 0 Å². The van der Waals surface area contributed by atoms with Gasteiger partial charge in [0, 0.05) is 6.54 Å². The van der Waals surface area contributed by atoms with E-state index in [2.05, 4.69) is 26.9 Å². The van der Waals surface area contributed by atoms with Crippen LogP contribution < -0.4 is 5.32 Å². The van der Waals surface area contributed by atoms with Crippen LogP contribution in [-0.2, 0) is 4.74 Å². The van der Waals surface area contributed by atoms with Crippen molar-refractivity contribution in [3.05, 3.63) is 18.1 Å². The molecule has 5 heteroatoms. The fourth-order valence-electron chi connectivity index (χ4n) is 2.26. The number of carbonyl (C=O) groups is 1. The molecule has 0 saturated heterocycles. The first kappa shape index (κ1) is 12.8. The van der Waals surface area contributed by atoms with Crippen molar-refractivity contribution in [3.8, 4) is 0 Å². The lowest BCUT2D eigenvalue weighted by molar-refractivity contribution is 0.0593. The number of carbonyl (C=O) groups excluding carboxylic acids is 1. The highest BCUT2D eigenvalue weighted by Crippen LogP contribution is 2.43. The van der Waals surface area contributed by atoms with Gasteiger partial charge in [0.15, 0.2) is 5.69 Å². The minimum absolute atomic E-state index is 0.238. The molecule has 18 heavy (non-hydrogen) atoms. The number of anilines is 1. The van der Waals surface area contributed by atoms with E-state index in [0.29, 0.717) is 11.2 Å². The Morgan fingerprint density at radius 3 is 2.83 bits per heavy atom. The molecule has 0 atom stereocenters. The molecule has 0 spiro atoms. The van der Waals surface area contributed by atoms with E-state index in [1.807, 2.05) is 0 Å². The number of nitrogens with one attached hydrogen (secondary N) is 1. The van der Waals surface area contributed by atoms with Crippen LogP contribution in [0.5, 0.6) is 0 Å². The fraction of sp³-hybridized carbons (Fsp3) is 0.615. The first-order chi connectivity index (χ1) is 8.69. The van der Waals surface area contributed by atoms with Crippen LogP contribution in [0.3, 0.4) is 0 Å². The summed E-state index contributed by atoms with van der Waals surface area (Å²) in [6, 6.07) is 0. The molecule has 0 unspecified atom stereocenters. The molecule has 0 aliphatic heterocycles. The number of hydrogen-bond donors (Lipinski definition) is 1. The van der Waals surface area contributed by atoms with E-state index in [1.54, 1.807) is 6.20 Å². The zero-order chi connectivity index (χ0) is 13.0. The van der Waals surface area contributed by atoms with Crippen LogP contribution in [-0.4, -0.2) is 29.6 Å². The molecule has 5 nitrogen and oxygen atoms in total. The van der Waals surface area contributed by atoms with E-state index >= 15 is 0 Å². The maximum absolute atomic E-state index is 11.3. The van der Waals surface area contributed by atoms with E-state index in [-0.39, 0.29) is 5.69 Å². The predicted octanol–water partition coefficient (Wildman–Crippen LogP) is 2.26. The van der Waals surface area contributed by atoms with Crippen molar-refractivity contribution < 1.29 is 9.53 Å². The van der Waals surface area contributed by atoms with Crippen LogP contribution in [0.25, 0.3) is 0 Å². The van der Waals surface area contributed by atoms with Gasteiger partial charge in [-0.2, -0.15) is 0 Å². The van der Waals surface area contributed by atoms with Gasteiger partial charge in [0.05, 0.1) is 19.5 Å². The number of nitrogens with zero attached hydrogens (tertiary/aromatic N) is 2. The third-order valence-corrected chi connectivity index (χ3v) is 3.84. The molecule has 0 radical (unpaired) electrons. The summed E-state index contributed by atoms with van der Waals surface area (Å²) in [4.78, 5) is 19.5. The first-order valence-corrected chi connectivity index (χ1v) is 6.33. The standard InChI is InChI=1S/C13H19N3O2/c1-3-13(5-4-6-13)9-15-11-8-14-7-10(16-11)12(17)18-2/h7-8H,3-6,9H2,1-2H3,(H,15,16). The van der Waals surface area contributed by atoms with Gasteiger partial charge in [0.2, 0.25) is 0 Å². The molecule has 1 aliphatic carbocycles. The van der Waals surface area contributed by atoms with Crippen molar-refractivity contribution in [2.75, 3.05) is 19.0 Å². The molecule has 1 saturated carbocycles. The molecular formula is C13H19N3O2. The topological polar surface area (TPSA) is 64.1 Å². The highest BCUT2D eigenvalue weighted by atomic mass is 16.5. The van der Waals surface area contributed by atoms with Gasteiger partial charge in [-0.1, -0.05) is 13.3 Å².